The quantitative estimate of drug-likeness (QED) is 0.471. The molecule has 0 saturated heterocycles. The molecule has 0 aliphatic heterocycles. The van der Waals surface area contributed by atoms with Gasteiger partial charge >= 0.3 is 0 Å². The first-order chi connectivity index (χ1) is 14.4. The third-order valence-electron chi connectivity index (χ3n) is 4.87. The van der Waals surface area contributed by atoms with Crippen LogP contribution in [0, 0.1) is 5.82 Å². The molecule has 0 atom stereocenters. The topological polar surface area (TPSA) is 86.5 Å². The summed E-state index contributed by atoms with van der Waals surface area (Å²) in [7, 11) is -1.91. The molecule has 3 heterocycles. The smallest absolute Gasteiger partial charge is 0.192 e. The summed E-state index contributed by atoms with van der Waals surface area (Å²) >= 11 is 0. The van der Waals surface area contributed by atoms with E-state index in [0.29, 0.717) is 18.5 Å². The summed E-state index contributed by atoms with van der Waals surface area (Å²) in [5.74, 6) is -0.129. The standard InChI is InChI=1S/C21H19FN4O3S/c1-29-20-14(4-3-5-18(20)22)6-8-16-9-10-17(21-25-24-13-26(16)21)15-7-11-19(23-12-15)30(2,27)28/h3-5,7,9-13H,6,8H2,1-2H3. The number of hydrogen-bond donors (Lipinski definition) is 0. The number of aromatic nitrogens is 4. The van der Waals surface area contributed by atoms with E-state index in [4.69, 9.17) is 4.74 Å². The molecule has 0 amide bonds. The highest BCUT2D eigenvalue weighted by Crippen LogP contribution is 2.27. The fraction of sp³-hybridized carbons (Fsp3) is 0.190. The lowest BCUT2D eigenvalue weighted by atomic mass is 10.0. The average Bonchev–Trinajstić information content (AvgIpc) is 3.22. The van der Waals surface area contributed by atoms with Crippen LogP contribution >= 0.6 is 0 Å². The van der Waals surface area contributed by atoms with Crippen LogP contribution in [0.4, 0.5) is 4.39 Å². The predicted molar refractivity (Wildman–Crippen MR) is 110 cm³/mol. The highest BCUT2D eigenvalue weighted by atomic mass is 32.2. The number of benzene rings is 1. The summed E-state index contributed by atoms with van der Waals surface area (Å²) in [5, 5.41) is 8.25. The van der Waals surface area contributed by atoms with E-state index in [0.717, 1.165) is 28.6 Å². The Bertz CT molecular complexity index is 1320. The Balaban J connectivity index is 1.66. The minimum absolute atomic E-state index is 0.0180. The van der Waals surface area contributed by atoms with Crippen molar-refractivity contribution in [2.24, 2.45) is 0 Å². The van der Waals surface area contributed by atoms with Crippen molar-refractivity contribution in [1.29, 1.82) is 0 Å². The molecule has 9 heteroatoms. The molecule has 4 rings (SSSR count). The molecule has 0 N–H and O–H groups in total. The van der Waals surface area contributed by atoms with E-state index >= 15 is 0 Å². The first-order valence-electron chi connectivity index (χ1n) is 9.18. The molecular weight excluding hydrogens is 407 g/mol. The van der Waals surface area contributed by atoms with Gasteiger partial charge in [0.2, 0.25) is 0 Å². The van der Waals surface area contributed by atoms with E-state index in [-0.39, 0.29) is 16.6 Å². The number of hydrogen-bond acceptors (Lipinski definition) is 6. The van der Waals surface area contributed by atoms with Gasteiger partial charge < -0.3 is 4.74 Å². The number of fused-ring (bicyclic) bond motifs is 1. The van der Waals surface area contributed by atoms with Crippen molar-refractivity contribution in [2.75, 3.05) is 13.4 Å². The number of ether oxygens (including phenoxy) is 1. The Kier molecular flexibility index (Phi) is 5.21. The van der Waals surface area contributed by atoms with Crippen molar-refractivity contribution in [2.45, 2.75) is 17.9 Å². The largest absolute Gasteiger partial charge is 0.493 e. The predicted octanol–water partition coefficient (Wildman–Crippen LogP) is 3.13. The van der Waals surface area contributed by atoms with Crippen LogP contribution < -0.4 is 4.74 Å². The van der Waals surface area contributed by atoms with Crippen LogP contribution in [0.2, 0.25) is 0 Å². The van der Waals surface area contributed by atoms with E-state index < -0.39 is 9.84 Å². The fourth-order valence-corrected chi connectivity index (χ4v) is 3.95. The molecule has 1 aromatic carbocycles. The Labute approximate surface area is 173 Å². The summed E-state index contributed by atoms with van der Waals surface area (Å²) in [5.41, 5.74) is 3.88. The highest BCUT2D eigenvalue weighted by Gasteiger charge is 2.14. The van der Waals surface area contributed by atoms with Gasteiger partial charge in [0.1, 0.15) is 6.33 Å². The first-order valence-corrected chi connectivity index (χ1v) is 11.1. The first kappa shape index (κ1) is 20.0. The molecule has 0 fully saturated rings. The number of rotatable bonds is 6. The zero-order chi connectivity index (χ0) is 21.3. The maximum absolute atomic E-state index is 13.9. The number of para-hydroxylation sites is 1. The maximum atomic E-state index is 13.9. The molecular formula is C21H19FN4O3S. The van der Waals surface area contributed by atoms with Gasteiger partial charge in [-0.25, -0.2) is 17.8 Å². The molecule has 0 saturated carbocycles. The lowest BCUT2D eigenvalue weighted by Crippen LogP contribution is -2.03. The molecule has 0 aliphatic rings. The van der Waals surface area contributed by atoms with Gasteiger partial charge in [-0.1, -0.05) is 12.1 Å². The monoisotopic (exact) mass is 426 g/mol. The van der Waals surface area contributed by atoms with Crippen molar-refractivity contribution >= 4 is 15.5 Å². The van der Waals surface area contributed by atoms with Crippen LogP contribution in [0.5, 0.6) is 5.75 Å². The summed E-state index contributed by atoms with van der Waals surface area (Å²) in [6.45, 7) is 0. The van der Waals surface area contributed by atoms with Crippen molar-refractivity contribution in [3.05, 3.63) is 72.1 Å². The zero-order valence-electron chi connectivity index (χ0n) is 16.4. The molecule has 7 nitrogen and oxygen atoms in total. The van der Waals surface area contributed by atoms with Gasteiger partial charge in [0.05, 0.1) is 7.11 Å². The molecule has 0 aliphatic carbocycles. The molecule has 4 aromatic rings. The second kappa shape index (κ2) is 7.83. The minimum atomic E-state index is -3.36. The molecule has 30 heavy (non-hydrogen) atoms. The van der Waals surface area contributed by atoms with Crippen LogP contribution in [0.15, 0.2) is 60.0 Å². The molecule has 0 radical (unpaired) electrons. The molecule has 154 valence electrons. The summed E-state index contributed by atoms with van der Waals surface area (Å²) in [6.07, 6.45) is 5.46. The number of methoxy groups -OCH3 is 1. The fourth-order valence-electron chi connectivity index (χ4n) is 3.39. The maximum Gasteiger partial charge on any atom is 0.192 e. The second-order valence-electron chi connectivity index (χ2n) is 6.85. The van der Waals surface area contributed by atoms with Gasteiger partial charge in [0.15, 0.2) is 32.1 Å². The molecule has 0 spiro atoms. The number of aryl methyl sites for hydroxylation is 2. The van der Waals surface area contributed by atoms with Crippen LogP contribution in [-0.4, -0.2) is 41.4 Å². The molecule has 3 aromatic heterocycles. The van der Waals surface area contributed by atoms with Crippen LogP contribution in [0.3, 0.4) is 0 Å². The summed E-state index contributed by atoms with van der Waals surface area (Å²) in [6, 6.07) is 11.9. The SMILES string of the molecule is COc1c(F)cccc1CCc1ccc(-c2ccc(S(C)(=O)=O)nc2)c2nncn12. The molecule has 0 unspecified atom stereocenters. The Morgan fingerprint density at radius 1 is 1.10 bits per heavy atom. The Morgan fingerprint density at radius 2 is 1.93 bits per heavy atom. The van der Waals surface area contributed by atoms with E-state index in [9.17, 15) is 12.8 Å². The van der Waals surface area contributed by atoms with E-state index in [1.165, 1.54) is 25.4 Å². The lowest BCUT2D eigenvalue weighted by molar-refractivity contribution is 0.381. The minimum Gasteiger partial charge on any atom is -0.493 e. The number of sulfone groups is 1. The number of nitrogens with zero attached hydrogens (tertiary/aromatic N) is 4. The van der Waals surface area contributed by atoms with Gasteiger partial charge in [-0.3, -0.25) is 4.40 Å². The summed E-state index contributed by atoms with van der Waals surface area (Å²) in [4.78, 5) is 4.05. The van der Waals surface area contributed by atoms with E-state index in [2.05, 4.69) is 15.2 Å². The van der Waals surface area contributed by atoms with E-state index in [1.54, 1.807) is 18.5 Å². The van der Waals surface area contributed by atoms with Crippen LogP contribution in [0.1, 0.15) is 11.3 Å². The Morgan fingerprint density at radius 3 is 2.63 bits per heavy atom. The lowest BCUT2D eigenvalue weighted by Gasteiger charge is -2.11. The van der Waals surface area contributed by atoms with Gasteiger partial charge in [0, 0.05) is 29.3 Å². The van der Waals surface area contributed by atoms with Crippen molar-refractivity contribution in [1.82, 2.24) is 19.6 Å². The van der Waals surface area contributed by atoms with Gasteiger partial charge in [-0.05, 0) is 48.7 Å². The normalized spacial score (nSPS) is 11.7. The molecule has 0 bridgehead atoms. The van der Waals surface area contributed by atoms with Crippen molar-refractivity contribution in [3.8, 4) is 16.9 Å². The van der Waals surface area contributed by atoms with Crippen molar-refractivity contribution < 1.29 is 17.5 Å². The van der Waals surface area contributed by atoms with Crippen LogP contribution in [-0.2, 0) is 22.7 Å². The van der Waals surface area contributed by atoms with Gasteiger partial charge in [0.25, 0.3) is 0 Å². The third-order valence-corrected chi connectivity index (χ3v) is 5.87. The number of pyridine rings is 2. The highest BCUT2D eigenvalue weighted by molar-refractivity contribution is 7.90. The van der Waals surface area contributed by atoms with E-state index in [1.807, 2.05) is 22.6 Å². The second-order valence-corrected chi connectivity index (χ2v) is 8.81. The Hall–Kier alpha value is -3.33. The third kappa shape index (κ3) is 3.76. The zero-order valence-corrected chi connectivity index (χ0v) is 17.2. The average molecular weight is 426 g/mol. The van der Waals surface area contributed by atoms with Crippen LogP contribution in [0.25, 0.3) is 16.8 Å². The summed E-state index contributed by atoms with van der Waals surface area (Å²) < 4.78 is 44.2. The van der Waals surface area contributed by atoms with Gasteiger partial charge in [-0.2, -0.15) is 0 Å². The van der Waals surface area contributed by atoms with Gasteiger partial charge in [-0.15, -0.1) is 10.2 Å². The number of halogens is 1. The van der Waals surface area contributed by atoms with Crippen molar-refractivity contribution in [3.63, 3.8) is 0 Å².